The van der Waals surface area contributed by atoms with Gasteiger partial charge in [-0.25, -0.2) is 13.1 Å². The molecule has 112 valence electrons. The number of nitrogen functional groups attached to an aromatic ring is 1. The summed E-state index contributed by atoms with van der Waals surface area (Å²) >= 11 is 3.27. The van der Waals surface area contributed by atoms with Gasteiger partial charge in [-0.05, 0) is 47.8 Å². The zero-order valence-corrected chi connectivity index (χ0v) is 14.0. The molecule has 0 saturated heterocycles. The van der Waals surface area contributed by atoms with Crippen LogP contribution in [0.25, 0.3) is 0 Å². The van der Waals surface area contributed by atoms with Gasteiger partial charge in [0.1, 0.15) is 10.6 Å². The predicted molar refractivity (Wildman–Crippen MR) is 82.3 cm³/mol. The zero-order chi connectivity index (χ0) is 15.0. The molecule has 0 unspecified atom stereocenters. The van der Waals surface area contributed by atoms with Crippen LogP contribution in [0.15, 0.2) is 21.5 Å². The van der Waals surface area contributed by atoms with Crippen LogP contribution in [-0.2, 0) is 10.0 Å². The summed E-state index contributed by atoms with van der Waals surface area (Å²) in [6.45, 7) is 1.94. The van der Waals surface area contributed by atoms with Crippen molar-refractivity contribution in [1.29, 1.82) is 0 Å². The largest absolute Gasteiger partial charge is 0.495 e. The zero-order valence-electron chi connectivity index (χ0n) is 11.6. The number of sulfonamides is 1. The second-order valence-corrected chi connectivity index (χ2v) is 7.90. The monoisotopic (exact) mass is 362 g/mol. The lowest BCUT2D eigenvalue weighted by Gasteiger charge is -2.25. The molecule has 5 nitrogen and oxygen atoms in total. The van der Waals surface area contributed by atoms with Gasteiger partial charge in [-0.1, -0.05) is 12.8 Å². The molecule has 1 aromatic rings. The van der Waals surface area contributed by atoms with E-state index >= 15 is 0 Å². The average Bonchev–Trinajstić information content (AvgIpc) is 2.77. The highest BCUT2D eigenvalue weighted by Crippen LogP contribution is 2.35. The summed E-state index contributed by atoms with van der Waals surface area (Å²) in [5.41, 5.74) is 5.77. The van der Waals surface area contributed by atoms with E-state index < -0.39 is 10.0 Å². The van der Waals surface area contributed by atoms with Crippen LogP contribution in [0.3, 0.4) is 0 Å². The Morgan fingerprint density at radius 2 is 1.95 bits per heavy atom. The summed E-state index contributed by atoms with van der Waals surface area (Å²) in [4.78, 5) is 0.0776. The lowest BCUT2D eigenvalue weighted by Crippen LogP contribution is -2.43. The summed E-state index contributed by atoms with van der Waals surface area (Å²) in [7, 11) is -2.22. The Labute approximate surface area is 128 Å². The number of methoxy groups -OCH3 is 1. The lowest BCUT2D eigenvalue weighted by molar-refractivity contribution is 0.397. The second-order valence-electron chi connectivity index (χ2n) is 5.40. The van der Waals surface area contributed by atoms with Crippen molar-refractivity contribution in [3.8, 4) is 5.75 Å². The van der Waals surface area contributed by atoms with Crippen molar-refractivity contribution >= 4 is 31.6 Å². The quantitative estimate of drug-likeness (QED) is 0.806. The fourth-order valence-electron chi connectivity index (χ4n) is 2.56. The molecule has 0 aromatic heterocycles. The Hall–Kier alpha value is -0.790. The minimum Gasteiger partial charge on any atom is -0.495 e. The third-order valence-electron chi connectivity index (χ3n) is 3.66. The fourth-order valence-corrected chi connectivity index (χ4v) is 4.53. The first kappa shape index (κ1) is 15.6. The molecule has 1 aliphatic rings. The molecule has 0 amide bonds. The van der Waals surface area contributed by atoms with Gasteiger partial charge >= 0.3 is 0 Å². The Morgan fingerprint density at radius 1 is 1.35 bits per heavy atom. The van der Waals surface area contributed by atoms with Crippen LogP contribution in [-0.4, -0.2) is 21.1 Å². The first-order valence-corrected chi connectivity index (χ1v) is 8.72. The minimum absolute atomic E-state index is 0.0776. The summed E-state index contributed by atoms with van der Waals surface area (Å²) in [6, 6.07) is 2.99. The van der Waals surface area contributed by atoms with E-state index in [-0.39, 0.29) is 16.2 Å². The van der Waals surface area contributed by atoms with E-state index in [1.165, 1.54) is 13.2 Å². The predicted octanol–water partition coefficient (Wildman–Crippen LogP) is 2.65. The van der Waals surface area contributed by atoms with Crippen LogP contribution in [0.4, 0.5) is 5.69 Å². The Morgan fingerprint density at radius 3 is 2.50 bits per heavy atom. The highest BCUT2D eigenvalue weighted by Gasteiger charge is 2.34. The van der Waals surface area contributed by atoms with Crippen LogP contribution in [0.2, 0.25) is 0 Å². The summed E-state index contributed by atoms with van der Waals surface area (Å²) < 4.78 is 33.7. The first-order chi connectivity index (χ1) is 9.27. The highest BCUT2D eigenvalue weighted by molar-refractivity contribution is 9.10. The molecular formula is C13H19BrN2O3S. The van der Waals surface area contributed by atoms with E-state index in [1.807, 2.05) is 6.92 Å². The molecule has 0 atom stereocenters. The SMILES string of the molecule is COc1cc(Br)c(N)cc1S(=O)(=O)NC1(C)CCCC1. The lowest BCUT2D eigenvalue weighted by atomic mass is 10.0. The number of anilines is 1. The molecule has 2 rings (SSSR count). The molecule has 3 N–H and O–H groups in total. The third kappa shape index (κ3) is 3.10. The Bertz CT molecular complexity index is 610. The molecule has 1 fully saturated rings. The number of rotatable bonds is 4. The van der Waals surface area contributed by atoms with E-state index in [4.69, 9.17) is 10.5 Å². The Kier molecular flexibility index (Phi) is 4.32. The Balaban J connectivity index is 2.41. The number of benzene rings is 1. The molecule has 1 aliphatic carbocycles. The van der Waals surface area contributed by atoms with Crippen molar-refractivity contribution in [2.45, 2.75) is 43.0 Å². The third-order valence-corrected chi connectivity index (χ3v) is 6.01. The molecule has 0 heterocycles. The van der Waals surface area contributed by atoms with Gasteiger partial charge in [0.15, 0.2) is 0 Å². The van der Waals surface area contributed by atoms with E-state index in [9.17, 15) is 8.42 Å². The number of ether oxygens (including phenoxy) is 1. The fraction of sp³-hybridized carbons (Fsp3) is 0.538. The van der Waals surface area contributed by atoms with E-state index in [2.05, 4.69) is 20.7 Å². The van der Waals surface area contributed by atoms with Gasteiger partial charge in [-0.15, -0.1) is 0 Å². The summed E-state index contributed by atoms with van der Waals surface area (Å²) in [6.07, 6.45) is 3.78. The topological polar surface area (TPSA) is 81.4 Å². The normalized spacial score (nSPS) is 18.1. The van der Waals surface area contributed by atoms with Crippen LogP contribution < -0.4 is 15.2 Å². The molecule has 0 aliphatic heterocycles. The number of nitrogens with two attached hydrogens (primary N) is 1. The maximum Gasteiger partial charge on any atom is 0.244 e. The second kappa shape index (κ2) is 5.54. The maximum atomic E-state index is 12.6. The molecule has 0 bridgehead atoms. The van der Waals surface area contributed by atoms with Crippen LogP contribution in [0.5, 0.6) is 5.75 Å². The number of hydrogen-bond acceptors (Lipinski definition) is 4. The van der Waals surface area contributed by atoms with Gasteiger partial charge in [0.05, 0.1) is 7.11 Å². The van der Waals surface area contributed by atoms with E-state index in [1.54, 1.807) is 6.07 Å². The van der Waals surface area contributed by atoms with Gasteiger partial charge in [-0.2, -0.15) is 0 Å². The van der Waals surface area contributed by atoms with Gasteiger partial charge < -0.3 is 10.5 Å². The van der Waals surface area contributed by atoms with Gasteiger partial charge in [0, 0.05) is 15.7 Å². The van der Waals surface area contributed by atoms with E-state index in [0.717, 1.165) is 25.7 Å². The molecule has 20 heavy (non-hydrogen) atoms. The van der Waals surface area contributed by atoms with Crippen molar-refractivity contribution in [2.75, 3.05) is 12.8 Å². The number of nitrogens with one attached hydrogen (secondary N) is 1. The van der Waals surface area contributed by atoms with Crippen molar-refractivity contribution in [3.63, 3.8) is 0 Å². The number of hydrogen-bond donors (Lipinski definition) is 2. The minimum atomic E-state index is -3.66. The summed E-state index contributed by atoms with van der Waals surface area (Å²) in [5.74, 6) is 0.278. The molecule has 1 aromatic carbocycles. The smallest absolute Gasteiger partial charge is 0.244 e. The molecule has 7 heteroatoms. The highest BCUT2D eigenvalue weighted by atomic mass is 79.9. The molecule has 0 spiro atoms. The van der Waals surface area contributed by atoms with Crippen LogP contribution in [0.1, 0.15) is 32.6 Å². The van der Waals surface area contributed by atoms with Gasteiger partial charge in [0.25, 0.3) is 0 Å². The van der Waals surface area contributed by atoms with Gasteiger partial charge in [0.2, 0.25) is 10.0 Å². The summed E-state index contributed by atoms with van der Waals surface area (Å²) in [5, 5.41) is 0. The van der Waals surface area contributed by atoms with Crippen molar-refractivity contribution in [3.05, 3.63) is 16.6 Å². The maximum absolute atomic E-state index is 12.6. The average molecular weight is 363 g/mol. The number of halogens is 1. The molecule has 0 radical (unpaired) electrons. The van der Waals surface area contributed by atoms with Crippen molar-refractivity contribution in [2.24, 2.45) is 0 Å². The standard InChI is InChI=1S/C13H19BrN2O3S/c1-13(5-3-4-6-13)16-20(17,18)12-8-10(15)9(14)7-11(12)19-2/h7-8,16H,3-6,15H2,1-2H3. The van der Waals surface area contributed by atoms with Crippen molar-refractivity contribution < 1.29 is 13.2 Å². The molecular weight excluding hydrogens is 344 g/mol. The van der Waals surface area contributed by atoms with Crippen molar-refractivity contribution in [1.82, 2.24) is 4.72 Å². The first-order valence-electron chi connectivity index (χ1n) is 6.44. The van der Waals surface area contributed by atoms with Crippen LogP contribution in [0, 0.1) is 0 Å². The van der Waals surface area contributed by atoms with Crippen LogP contribution >= 0.6 is 15.9 Å². The molecule has 1 saturated carbocycles. The van der Waals surface area contributed by atoms with Gasteiger partial charge in [-0.3, -0.25) is 0 Å². The van der Waals surface area contributed by atoms with E-state index in [0.29, 0.717) is 10.2 Å².